The zero-order valence-electron chi connectivity index (χ0n) is 11.8. The summed E-state index contributed by atoms with van der Waals surface area (Å²) in [6, 6.07) is 8.78. The van der Waals surface area contributed by atoms with Crippen molar-refractivity contribution < 1.29 is 8.42 Å². The van der Waals surface area contributed by atoms with Crippen molar-refractivity contribution in [1.29, 1.82) is 0 Å². The molecule has 1 aliphatic heterocycles. The lowest BCUT2D eigenvalue weighted by Gasteiger charge is -2.24. The van der Waals surface area contributed by atoms with Crippen LogP contribution in [0.2, 0.25) is 0 Å². The second-order valence-electron chi connectivity index (χ2n) is 5.55. The van der Waals surface area contributed by atoms with E-state index < -0.39 is 9.84 Å². The summed E-state index contributed by atoms with van der Waals surface area (Å²) in [4.78, 5) is 0. The smallest absolute Gasteiger partial charge is 0.150 e. The normalized spacial score (nSPS) is 22.8. The third-order valence-electron chi connectivity index (χ3n) is 3.86. The quantitative estimate of drug-likeness (QED) is 0.738. The minimum absolute atomic E-state index is 0.255. The highest BCUT2D eigenvalue weighted by molar-refractivity contribution is 14.1. The van der Waals surface area contributed by atoms with Crippen LogP contribution in [0.5, 0.6) is 0 Å². The number of halogens is 1. The predicted molar refractivity (Wildman–Crippen MR) is 91.7 cm³/mol. The van der Waals surface area contributed by atoms with Crippen LogP contribution >= 0.6 is 22.6 Å². The average molecular weight is 407 g/mol. The van der Waals surface area contributed by atoms with E-state index >= 15 is 0 Å². The Morgan fingerprint density at radius 1 is 1.35 bits per heavy atom. The van der Waals surface area contributed by atoms with E-state index in [4.69, 9.17) is 0 Å². The Morgan fingerprint density at radius 3 is 2.60 bits per heavy atom. The second kappa shape index (κ2) is 7.22. The summed E-state index contributed by atoms with van der Waals surface area (Å²) < 4.78 is 24.6. The van der Waals surface area contributed by atoms with Crippen LogP contribution in [0.1, 0.15) is 25.3 Å². The first kappa shape index (κ1) is 16.2. The van der Waals surface area contributed by atoms with Crippen LogP contribution in [0.3, 0.4) is 0 Å². The molecule has 0 radical (unpaired) electrons. The first-order chi connectivity index (χ1) is 9.50. The fraction of sp³-hybridized carbons (Fsp3) is 0.600. The van der Waals surface area contributed by atoms with Gasteiger partial charge in [0.15, 0.2) is 9.84 Å². The molecule has 3 nitrogen and oxygen atoms in total. The highest BCUT2D eigenvalue weighted by Gasteiger charge is 2.33. The van der Waals surface area contributed by atoms with Gasteiger partial charge in [-0.25, -0.2) is 8.42 Å². The lowest BCUT2D eigenvalue weighted by Crippen LogP contribution is -2.39. The van der Waals surface area contributed by atoms with E-state index in [0.29, 0.717) is 11.5 Å². The third-order valence-corrected chi connectivity index (χ3v) is 6.37. The number of nitrogens with one attached hydrogen (secondary N) is 1. The van der Waals surface area contributed by atoms with Crippen molar-refractivity contribution in [3.8, 4) is 0 Å². The number of hydrogen-bond acceptors (Lipinski definition) is 3. The van der Waals surface area contributed by atoms with Crippen LogP contribution in [-0.4, -0.2) is 32.5 Å². The molecule has 1 aromatic rings. The molecule has 0 spiro atoms. The van der Waals surface area contributed by atoms with E-state index in [0.717, 1.165) is 25.8 Å². The molecule has 1 fully saturated rings. The van der Waals surface area contributed by atoms with Gasteiger partial charge in [0.25, 0.3) is 0 Å². The van der Waals surface area contributed by atoms with Crippen LogP contribution in [0, 0.1) is 9.49 Å². The molecule has 0 aromatic heterocycles. The Balaban J connectivity index is 2.05. The Labute approximate surface area is 135 Å². The van der Waals surface area contributed by atoms with Gasteiger partial charge in [-0.05, 0) is 72.0 Å². The molecule has 1 aromatic carbocycles. The third kappa shape index (κ3) is 4.70. The molecule has 0 amide bonds. The van der Waals surface area contributed by atoms with E-state index in [1.807, 2.05) is 0 Å². The van der Waals surface area contributed by atoms with E-state index in [1.54, 1.807) is 0 Å². The summed E-state index contributed by atoms with van der Waals surface area (Å²) in [6.07, 6.45) is 2.79. The fourth-order valence-corrected chi connectivity index (χ4v) is 4.99. The molecule has 1 saturated heterocycles. The zero-order chi connectivity index (χ0) is 14.6. The molecule has 0 aliphatic carbocycles. The van der Waals surface area contributed by atoms with E-state index in [9.17, 15) is 8.42 Å². The molecule has 2 atom stereocenters. The maximum atomic E-state index is 11.7. The molecule has 5 heteroatoms. The van der Waals surface area contributed by atoms with Gasteiger partial charge in [0.05, 0.1) is 11.5 Å². The largest absolute Gasteiger partial charge is 0.313 e. The van der Waals surface area contributed by atoms with Gasteiger partial charge in [0.1, 0.15) is 0 Å². The maximum Gasteiger partial charge on any atom is 0.150 e. The average Bonchev–Trinajstić information content (AvgIpc) is 2.77. The minimum Gasteiger partial charge on any atom is -0.313 e. The standard InChI is InChI=1S/C15H22INO2S/c1-2-8-17-15(13-7-9-20(18,19)11-13)10-12-3-5-14(16)6-4-12/h3-6,13,15,17H,2,7-11H2,1H3. The summed E-state index contributed by atoms with van der Waals surface area (Å²) in [5.41, 5.74) is 1.28. The van der Waals surface area contributed by atoms with Gasteiger partial charge in [-0.15, -0.1) is 0 Å². The van der Waals surface area contributed by atoms with Crippen LogP contribution < -0.4 is 5.32 Å². The van der Waals surface area contributed by atoms with Gasteiger partial charge in [0.2, 0.25) is 0 Å². The summed E-state index contributed by atoms with van der Waals surface area (Å²) in [7, 11) is -2.81. The van der Waals surface area contributed by atoms with Crippen molar-refractivity contribution in [2.45, 2.75) is 32.2 Å². The lowest BCUT2D eigenvalue weighted by molar-refractivity contribution is 0.379. The molecule has 1 heterocycles. The lowest BCUT2D eigenvalue weighted by atomic mass is 9.93. The second-order valence-corrected chi connectivity index (χ2v) is 9.03. The van der Waals surface area contributed by atoms with Crippen LogP contribution in [0.25, 0.3) is 0 Å². The van der Waals surface area contributed by atoms with Crippen molar-refractivity contribution in [3.63, 3.8) is 0 Å². The summed E-state index contributed by atoms with van der Waals surface area (Å²) in [5.74, 6) is 0.957. The number of benzene rings is 1. The molecule has 20 heavy (non-hydrogen) atoms. The summed E-state index contributed by atoms with van der Waals surface area (Å²) in [5, 5.41) is 3.55. The van der Waals surface area contributed by atoms with Gasteiger partial charge >= 0.3 is 0 Å². The molecule has 1 aliphatic rings. The molecule has 0 saturated carbocycles. The maximum absolute atomic E-state index is 11.7. The van der Waals surface area contributed by atoms with Crippen molar-refractivity contribution in [2.24, 2.45) is 5.92 Å². The molecule has 112 valence electrons. The number of sulfone groups is 1. The van der Waals surface area contributed by atoms with Crippen molar-refractivity contribution >= 4 is 32.4 Å². The van der Waals surface area contributed by atoms with E-state index in [2.05, 4.69) is 59.1 Å². The summed E-state index contributed by atoms with van der Waals surface area (Å²) >= 11 is 2.30. The molecule has 2 rings (SSSR count). The zero-order valence-corrected chi connectivity index (χ0v) is 14.8. The highest BCUT2D eigenvalue weighted by Crippen LogP contribution is 2.24. The van der Waals surface area contributed by atoms with E-state index in [1.165, 1.54) is 9.13 Å². The Kier molecular flexibility index (Phi) is 5.86. The monoisotopic (exact) mass is 407 g/mol. The molecule has 1 N–H and O–H groups in total. The first-order valence-electron chi connectivity index (χ1n) is 7.18. The Hall–Kier alpha value is -0.140. The number of rotatable bonds is 6. The van der Waals surface area contributed by atoms with Gasteiger partial charge < -0.3 is 5.32 Å². The van der Waals surface area contributed by atoms with Gasteiger partial charge in [0, 0.05) is 9.61 Å². The van der Waals surface area contributed by atoms with Crippen molar-refractivity contribution in [3.05, 3.63) is 33.4 Å². The Bertz CT molecular complexity index is 527. The Morgan fingerprint density at radius 2 is 2.05 bits per heavy atom. The van der Waals surface area contributed by atoms with Gasteiger partial charge in [-0.1, -0.05) is 19.1 Å². The molecule has 2 unspecified atom stereocenters. The number of hydrogen-bond donors (Lipinski definition) is 1. The molecular weight excluding hydrogens is 385 g/mol. The van der Waals surface area contributed by atoms with E-state index in [-0.39, 0.29) is 12.0 Å². The predicted octanol–water partition coefficient (Wildman–Crippen LogP) is 2.64. The highest BCUT2D eigenvalue weighted by atomic mass is 127. The summed E-state index contributed by atoms with van der Waals surface area (Å²) in [6.45, 7) is 3.09. The van der Waals surface area contributed by atoms with Gasteiger partial charge in [-0.2, -0.15) is 0 Å². The van der Waals surface area contributed by atoms with Gasteiger partial charge in [-0.3, -0.25) is 0 Å². The fourth-order valence-electron chi connectivity index (χ4n) is 2.75. The van der Waals surface area contributed by atoms with Crippen LogP contribution in [0.4, 0.5) is 0 Å². The topological polar surface area (TPSA) is 46.2 Å². The van der Waals surface area contributed by atoms with Crippen molar-refractivity contribution in [2.75, 3.05) is 18.1 Å². The van der Waals surface area contributed by atoms with Crippen molar-refractivity contribution in [1.82, 2.24) is 5.32 Å². The van der Waals surface area contributed by atoms with Crippen LogP contribution in [0.15, 0.2) is 24.3 Å². The first-order valence-corrected chi connectivity index (χ1v) is 10.1. The SMILES string of the molecule is CCCNC(Cc1ccc(I)cc1)C1CCS(=O)(=O)C1. The molecule has 0 bridgehead atoms. The molecular formula is C15H22INO2S. The van der Waals surface area contributed by atoms with Crippen LogP contribution in [-0.2, 0) is 16.3 Å². The minimum atomic E-state index is -2.81.